The molecule has 0 radical (unpaired) electrons. The second-order valence-corrected chi connectivity index (χ2v) is 7.74. The summed E-state index contributed by atoms with van der Waals surface area (Å²) < 4.78 is 4.30. The van der Waals surface area contributed by atoms with Gasteiger partial charge in [0.15, 0.2) is 0 Å². The van der Waals surface area contributed by atoms with Gasteiger partial charge in [-0.15, -0.1) is 0 Å². The Morgan fingerprint density at radius 2 is 2.04 bits per heavy atom. The van der Waals surface area contributed by atoms with Crippen molar-refractivity contribution in [3.63, 3.8) is 0 Å². The summed E-state index contributed by atoms with van der Waals surface area (Å²) in [7, 11) is 3.86. The maximum atomic E-state index is 12.0. The number of aromatic nitrogens is 4. The lowest BCUT2D eigenvalue weighted by Crippen LogP contribution is -2.35. The van der Waals surface area contributed by atoms with Crippen LogP contribution in [0.25, 0.3) is 0 Å². The molecule has 1 saturated heterocycles. The Labute approximate surface area is 150 Å². The molecule has 2 aliphatic rings. The van der Waals surface area contributed by atoms with Gasteiger partial charge in [-0.2, -0.15) is 9.36 Å². The number of anilines is 3. The van der Waals surface area contributed by atoms with Crippen molar-refractivity contribution in [1.82, 2.24) is 19.3 Å². The van der Waals surface area contributed by atoms with Crippen LogP contribution in [0.5, 0.6) is 0 Å². The Bertz CT molecular complexity index is 790. The second kappa shape index (κ2) is 6.62. The van der Waals surface area contributed by atoms with Crippen LogP contribution in [0.2, 0.25) is 0 Å². The number of H-pyrrole nitrogens is 1. The zero-order chi connectivity index (χ0) is 17.4. The minimum absolute atomic E-state index is 0.0527. The predicted molar refractivity (Wildman–Crippen MR) is 99.9 cm³/mol. The number of rotatable bonds is 5. The highest BCUT2D eigenvalue weighted by atomic mass is 32.1. The molecule has 1 aliphatic carbocycles. The van der Waals surface area contributed by atoms with Crippen molar-refractivity contribution >= 4 is 28.6 Å². The van der Waals surface area contributed by atoms with Gasteiger partial charge in [0.05, 0.1) is 5.69 Å². The fourth-order valence-corrected chi connectivity index (χ4v) is 4.07. The molecule has 8 nitrogen and oxygen atoms in total. The summed E-state index contributed by atoms with van der Waals surface area (Å²) in [4.78, 5) is 28.1. The molecule has 0 bridgehead atoms. The first-order valence-electron chi connectivity index (χ1n) is 8.72. The van der Waals surface area contributed by atoms with Gasteiger partial charge in [0.2, 0.25) is 17.0 Å². The smallest absolute Gasteiger partial charge is 0.252 e. The maximum absolute atomic E-state index is 12.0. The van der Waals surface area contributed by atoms with E-state index < -0.39 is 0 Å². The molecule has 0 spiro atoms. The highest BCUT2D eigenvalue weighted by molar-refractivity contribution is 7.09. The largest absolute Gasteiger partial charge is 0.357 e. The third kappa shape index (κ3) is 3.46. The van der Waals surface area contributed by atoms with E-state index in [4.69, 9.17) is 4.98 Å². The van der Waals surface area contributed by atoms with Crippen molar-refractivity contribution in [2.75, 3.05) is 42.3 Å². The molecular formula is C16H23N7OS. The number of hydrogen-bond donors (Lipinski definition) is 2. The average molecular weight is 361 g/mol. The van der Waals surface area contributed by atoms with Crippen LogP contribution in [0, 0.1) is 0 Å². The quantitative estimate of drug-likeness (QED) is 0.837. The SMILES string of the molecule is CN(C)c1nsc(NC2CC(c3cc(=O)[nH]c(N4CCCC4)n3)C2)n1. The number of nitrogens with one attached hydrogen (secondary N) is 2. The van der Waals surface area contributed by atoms with Crippen molar-refractivity contribution in [3.8, 4) is 0 Å². The van der Waals surface area contributed by atoms with Gasteiger partial charge in [-0.05, 0) is 25.7 Å². The highest BCUT2D eigenvalue weighted by Crippen LogP contribution is 2.38. The molecule has 4 rings (SSSR count). The van der Waals surface area contributed by atoms with Crippen molar-refractivity contribution in [3.05, 3.63) is 22.1 Å². The summed E-state index contributed by atoms with van der Waals surface area (Å²) in [5.74, 6) is 1.80. The van der Waals surface area contributed by atoms with Gasteiger partial charge in [0.25, 0.3) is 5.56 Å². The molecule has 1 saturated carbocycles. The van der Waals surface area contributed by atoms with E-state index in [0.717, 1.165) is 48.7 Å². The van der Waals surface area contributed by atoms with Crippen LogP contribution in [0.15, 0.2) is 10.9 Å². The summed E-state index contributed by atoms with van der Waals surface area (Å²) in [6.07, 6.45) is 4.26. The lowest BCUT2D eigenvalue weighted by Gasteiger charge is -2.35. The van der Waals surface area contributed by atoms with Crippen LogP contribution < -0.4 is 20.7 Å². The lowest BCUT2D eigenvalue weighted by molar-refractivity contribution is 0.366. The van der Waals surface area contributed by atoms with Crippen LogP contribution >= 0.6 is 11.5 Å². The molecule has 2 aromatic rings. The molecule has 25 heavy (non-hydrogen) atoms. The highest BCUT2D eigenvalue weighted by Gasteiger charge is 2.33. The summed E-state index contributed by atoms with van der Waals surface area (Å²) in [6.45, 7) is 1.96. The minimum Gasteiger partial charge on any atom is -0.357 e. The summed E-state index contributed by atoms with van der Waals surface area (Å²) >= 11 is 1.38. The van der Waals surface area contributed by atoms with E-state index in [1.807, 2.05) is 19.0 Å². The molecule has 0 amide bonds. The standard InChI is InChI=1S/C16H23N7OS/c1-22(2)15-20-16(25-21-15)17-11-7-10(8-11)12-9-13(24)19-14(18-12)23-5-3-4-6-23/h9-11H,3-8H2,1-2H3,(H,17,20,21)(H,18,19,24). The molecule has 0 atom stereocenters. The fraction of sp³-hybridized carbons (Fsp3) is 0.625. The van der Waals surface area contributed by atoms with E-state index in [1.54, 1.807) is 6.07 Å². The molecule has 3 heterocycles. The first kappa shape index (κ1) is 16.3. The van der Waals surface area contributed by atoms with Crippen LogP contribution in [-0.4, -0.2) is 52.6 Å². The predicted octanol–water partition coefficient (Wildman–Crippen LogP) is 1.65. The zero-order valence-electron chi connectivity index (χ0n) is 14.5. The first-order valence-corrected chi connectivity index (χ1v) is 9.49. The van der Waals surface area contributed by atoms with Crippen LogP contribution in [0.4, 0.5) is 17.0 Å². The third-order valence-corrected chi connectivity index (χ3v) is 5.49. The molecule has 134 valence electrons. The third-order valence-electron chi connectivity index (χ3n) is 4.85. The van der Waals surface area contributed by atoms with Crippen molar-refractivity contribution in [1.29, 1.82) is 0 Å². The molecule has 2 fully saturated rings. The van der Waals surface area contributed by atoms with Gasteiger partial charge in [-0.3, -0.25) is 9.78 Å². The van der Waals surface area contributed by atoms with Gasteiger partial charge in [-0.25, -0.2) is 4.98 Å². The number of hydrogen-bond acceptors (Lipinski definition) is 8. The van der Waals surface area contributed by atoms with Gasteiger partial charge >= 0.3 is 0 Å². The van der Waals surface area contributed by atoms with E-state index in [0.29, 0.717) is 12.0 Å². The molecule has 2 aromatic heterocycles. The van der Waals surface area contributed by atoms with Crippen molar-refractivity contribution in [2.24, 2.45) is 0 Å². The molecule has 0 aromatic carbocycles. The van der Waals surface area contributed by atoms with E-state index in [-0.39, 0.29) is 5.56 Å². The lowest BCUT2D eigenvalue weighted by atomic mass is 9.78. The van der Waals surface area contributed by atoms with Crippen LogP contribution in [-0.2, 0) is 0 Å². The van der Waals surface area contributed by atoms with Crippen LogP contribution in [0.1, 0.15) is 37.3 Å². The molecule has 9 heteroatoms. The van der Waals surface area contributed by atoms with E-state index >= 15 is 0 Å². The Kier molecular flexibility index (Phi) is 4.32. The number of nitrogens with zero attached hydrogens (tertiary/aromatic N) is 5. The average Bonchev–Trinajstić information content (AvgIpc) is 3.21. The number of aromatic amines is 1. The molecule has 1 aliphatic heterocycles. The summed E-state index contributed by atoms with van der Waals surface area (Å²) in [5.41, 5.74) is 0.859. The van der Waals surface area contributed by atoms with Crippen molar-refractivity contribution in [2.45, 2.75) is 37.6 Å². The monoisotopic (exact) mass is 361 g/mol. The van der Waals surface area contributed by atoms with E-state index in [1.165, 1.54) is 24.4 Å². The molecular weight excluding hydrogens is 338 g/mol. The van der Waals surface area contributed by atoms with Gasteiger partial charge in [0.1, 0.15) is 0 Å². The van der Waals surface area contributed by atoms with E-state index in [2.05, 4.69) is 24.6 Å². The normalized spacial score (nSPS) is 22.7. The minimum atomic E-state index is -0.0527. The first-order chi connectivity index (χ1) is 12.1. The Hall–Kier alpha value is -2.16. The van der Waals surface area contributed by atoms with Crippen LogP contribution in [0.3, 0.4) is 0 Å². The Balaban J connectivity index is 1.39. The maximum Gasteiger partial charge on any atom is 0.252 e. The zero-order valence-corrected chi connectivity index (χ0v) is 15.3. The summed E-state index contributed by atoms with van der Waals surface area (Å²) in [5, 5.41) is 4.28. The Morgan fingerprint density at radius 1 is 1.28 bits per heavy atom. The molecule has 2 N–H and O–H groups in total. The molecule has 0 unspecified atom stereocenters. The van der Waals surface area contributed by atoms with Gasteiger partial charge in [0, 0.05) is 56.7 Å². The van der Waals surface area contributed by atoms with Crippen molar-refractivity contribution < 1.29 is 0 Å². The summed E-state index contributed by atoms with van der Waals surface area (Å²) in [6, 6.07) is 2.01. The van der Waals surface area contributed by atoms with Gasteiger partial charge in [-0.1, -0.05) is 0 Å². The van der Waals surface area contributed by atoms with E-state index in [9.17, 15) is 4.79 Å². The van der Waals surface area contributed by atoms with Gasteiger partial charge < -0.3 is 15.1 Å². The Morgan fingerprint density at radius 3 is 2.72 bits per heavy atom. The topological polar surface area (TPSA) is 90.0 Å². The second-order valence-electron chi connectivity index (χ2n) is 6.99. The fourth-order valence-electron chi connectivity index (χ4n) is 3.36.